The van der Waals surface area contributed by atoms with Crippen LogP contribution in [0.5, 0.6) is 0 Å². The van der Waals surface area contributed by atoms with Gasteiger partial charge in [-0.2, -0.15) is 5.10 Å². The highest BCUT2D eigenvalue weighted by molar-refractivity contribution is 5.95. The fourth-order valence-electron chi connectivity index (χ4n) is 4.55. The van der Waals surface area contributed by atoms with Gasteiger partial charge >= 0.3 is 0 Å². The third-order valence-corrected chi connectivity index (χ3v) is 6.14. The highest BCUT2D eigenvalue weighted by Crippen LogP contribution is 2.33. The van der Waals surface area contributed by atoms with Crippen LogP contribution in [-0.4, -0.2) is 39.1 Å². The number of nitrogens with one attached hydrogen (secondary N) is 1. The maximum atomic E-state index is 13.1. The Hall–Kier alpha value is -3.41. The second-order valence-electron chi connectivity index (χ2n) is 8.37. The first-order valence-electron chi connectivity index (χ1n) is 11.3. The Morgan fingerprint density at radius 3 is 2.44 bits per heavy atom. The standard InChI is InChI=1S/C26H30N4O2/c1-4-22-12-8-9-17-29(22)26(32)21-13-15-23(16-14-21)30-25(27-19(3)31)24(18(2)28-30)20-10-6-5-7-11-20/h5-7,10-11,13-16,22H,4,8-9,12,17H2,1-3H3,(H,27,31)/t22-/m0/s1. The summed E-state index contributed by atoms with van der Waals surface area (Å²) in [7, 11) is 0. The number of carbonyl (C=O) groups is 2. The Bertz CT molecular complexity index is 1100. The number of hydrogen-bond acceptors (Lipinski definition) is 3. The molecule has 6 heteroatoms. The average molecular weight is 431 g/mol. The predicted octanol–water partition coefficient (Wildman–Crippen LogP) is 5.21. The van der Waals surface area contributed by atoms with Crippen molar-refractivity contribution in [3.8, 4) is 16.8 Å². The number of likely N-dealkylation sites (tertiary alicyclic amines) is 1. The highest BCUT2D eigenvalue weighted by atomic mass is 16.2. The summed E-state index contributed by atoms with van der Waals surface area (Å²) in [5.74, 6) is 0.556. The van der Waals surface area contributed by atoms with Gasteiger partial charge in [-0.3, -0.25) is 9.59 Å². The SMILES string of the molecule is CC[C@H]1CCCCN1C(=O)c1ccc(-n2nc(C)c(-c3ccccc3)c2NC(C)=O)cc1. The summed E-state index contributed by atoms with van der Waals surface area (Å²) in [6.45, 7) is 6.40. The van der Waals surface area contributed by atoms with Gasteiger partial charge in [0, 0.05) is 30.6 Å². The molecule has 0 unspecified atom stereocenters. The zero-order valence-electron chi connectivity index (χ0n) is 19.0. The topological polar surface area (TPSA) is 67.2 Å². The lowest BCUT2D eigenvalue weighted by molar-refractivity contribution is -0.114. The van der Waals surface area contributed by atoms with E-state index in [0.29, 0.717) is 17.4 Å². The Morgan fingerprint density at radius 1 is 1.06 bits per heavy atom. The molecule has 0 saturated carbocycles. The van der Waals surface area contributed by atoms with Gasteiger partial charge in [-0.05, 0) is 62.4 Å². The number of aromatic nitrogens is 2. The Labute approximate surface area is 189 Å². The summed E-state index contributed by atoms with van der Waals surface area (Å²) in [4.78, 5) is 27.1. The number of rotatable bonds is 5. The summed E-state index contributed by atoms with van der Waals surface area (Å²) in [5.41, 5.74) is 4.17. The molecule has 1 atom stereocenters. The zero-order chi connectivity index (χ0) is 22.7. The number of benzene rings is 2. The summed E-state index contributed by atoms with van der Waals surface area (Å²) >= 11 is 0. The monoisotopic (exact) mass is 430 g/mol. The molecule has 0 bridgehead atoms. The van der Waals surface area contributed by atoms with Crippen molar-refractivity contribution >= 4 is 17.6 Å². The smallest absolute Gasteiger partial charge is 0.254 e. The second kappa shape index (κ2) is 9.39. The molecule has 0 aliphatic carbocycles. The van der Waals surface area contributed by atoms with Crippen LogP contribution in [0.1, 0.15) is 55.6 Å². The Morgan fingerprint density at radius 2 is 1.78 bits per heavy atom. The Balaban J connectivity index is 1.68. The van der Waals surface area contributed by atoms with Gasteiger partial charge in [0.15, 0.2) is 0 Å². The van der Waals surface area contributed by atoms with Crippen molar-refractivity contribution in [1.82, 2.24) is 14.7 Å². The minimum absolute atomic E-state index is 0.0896. The van der Waals surface area contributed by atoms with E-state index >= 15 is 0 Å². The largest absolute Gasteiger partial charge is 0.336 e. The van der Waals surface area contributed by atoms with Crippen LogP contribution in [0.2, 0.25) is 0 Å². The molecule has 6 nitrogen and oxygen atoms in total. The van der Waals surface area contributed by atoms with E-state index in [1.54, 1.807) is 4.68 Å². The van der Waals surface area contributed by atoms with E-state index in [2.05, 4.69) is 12.2 Å². The van der Waals surface area contributed by atoms with Crippen molar-refractivity contribution in [1.29, 1.82) is 0 Å². The van der Waals surface area contributed by atoms with Crippen LogP contribution in [0.15, 0.2) is 54.6 Å². The van der Waals surface area contributed by atoms with Crippen LogP contribution < -0.4 is 5.32 Å². The van der Waals surface area contributed by atoms with Gasteiger partial charge in [-0.1, -0.05) is 37.3 Å². The van der Waals surface area contributed by atoms with Crippen molar-refractivity contribution in [2.45, 2.75) is 52.5 Å². The molecule has 1 saturated heterocycles. The molecule has 166 valence electrons. The minimum atomic E-state index is -0.161. The first kappa shape index (κ1) is 21.8. The molecule has 1 aliphatic rings. The quantitative estimate of drug-likeness (QED) is 0.604. The van der Waals surface area contributed by atoms with Crippen LogP contribution in [0.4, 0.5) is 5.82 Å². The fourth-order valence-corrected chi connectivity index (χ4v) is 4.55. The molecule has 3 aromatic rings. The molecule has 2 aromatic carbocycles. The van der Waals surface area contributed by atoms with E-state index in [4.69, 9.17) is 5.10 Å². The number of nitrogens with zero attached hydrogens (tertiary/aromatic N) is 3. The van der Waals surface area contributed by atoms with E-state index in [9.17, 15) is 9.59 Å². The lowest BCUT2D eigenvalue weighted by atomic mass is 9.99. The van der Waals surface area contributed by atoms with Gasteiger partial charge in [0.2, 0.25) is 5.91 Å². The third kappa shape index (κ3) is 4.31. The molecule has 0 radical (unpaired) electrons. The van der Waals surface area contributed by atoms with Gasteiger partial charge in [0.1, 0.15) is 5.82 Å². The molecule has 2 heterocycles. The van der Waals surface area contributed by atoms with Crippen molar-refractivity contribution in [3.63, 3.8) is 0 Å². The number of anilines is 1. The first-order chi connectivity index (χ1) is 15.5. The summed E-state index contributed by atoms with van der Waals surface area (Å²) in [6, 6.07) is 17.7. The molecular formula is C26H30N4O2. The van der Waals surface area contributed by atoms with E-state index in [0.717, 1.165) is 48.3 Å². The van der Waals surface area contributed by atoms with Crippen molar-refractivity contribution in [2.24, 2.45) is 0 Å². The Kier molecular flexibility index (Phi) is 6.40. The van der Waals surface area contributed by atoms with Crippen molar-refractivity contribution in [3.05, 3.63) is 65.9 Å². The number of amides is 2. The number of hydrogen-bond donors (Lipinski definition) is 1. The van der Waals surface area contributed by atoms with Crippen molar-refractivity contribution < 1.29 is 9.59 Å². The van der Waals surface area contributed by atoms with E-state index < -0.39 is 0 Å². The zero-order valence-corrected chi connectivity index (χ0v) is 19.0. The molecule has 32 heavy (non-hydrogen) atoms. The molecular weight excluding hydrogens is 400 g/mol. The maximum Gasteiger partial charge on any atom is 0.254 e. The van der Waals surface area contributed by atoms with Crippen LogP contribution in [0.3, 0.4) is 0 Å². The molecule has 1 aromatic heterocycles. The molecule has 1 N–H and O–H groups in total. The first-order valence-corrected chi connectivity index (χ1v) is 11.3. The molecule has 1 aliphatic heterocycles. The maximum absolute atomic E-state index is 13.1. The van der Waals surface area contributed by atoms with Crippen LogP contribution in [-0.2, 0) is 4.79 Å². The van der Waals surface area contributed by atoms with Crippen LogP contribution in [0, 0.1) is 6.92 Å². The predicted molar refractivity (Wildman–Crippen MR) is 127 cm³/mol. The van der Waals surface area contributed by atoms with Gasteiger partial charge in [-0.25, -0.2) is 4.68 Å². The van der Waals surface area contributed by atoms with Gasteiger partial charge < -0.3 is 10.2 Å². The second-order valence-corrected chi connectivity index (χ2v) is 8.37. The summed E-state index contributed by atoms with van der Waals surface area (Å²) < 4.78 is 1.74. The third-order valence-electron chi connectivity index (χ3n) is 6.14. The van der Waals surface area contributed by atoms with Gasteiger partial charge in [-0.15, -0.1) is 0 Å². The van der Waals surface area contributed by atoms with Crippen molar-refractivity contribution in [2.75, 3.05) is 11.9 Å². The van der Waals surface area contributed by atoms with E-state index in [1.807, 2.05) is 66.4 Å². The van der Waals surface area contributed by atoms with Gasteiger partial charge in [0.05, 0.1) is 11.4 Å². The lowest BCUT2D eigenvalue weighted by Crippen LogP contribution is -2.43. The van der Waals surface area contributed by atoms with Crippen LogP contribution in [0.25, 0.3) is 16.8 Å². The average Bonchev–Trinajstić information content (AvgIpc) is 3.14. The van der Waals surface area contributed by atoms with E-state index in [-0.39, 0.29) is 11.8 Å². The summed E-state index contributed by atoms with van der Waals surface area (Å²) in [5, 5.41) is 7.66. The highest BCUT2D eigenvalue weighted by Gasteiger charge is 2.26. The minimum Gasteiger partial charge on any atom is -0.336 e. The van der Waals surface area contributed by atoms with Crippen LogP contribution >= 0.6 is 0 Å². The number of aryl methyl sites for hydroxylation is 1. The summed E-state index contributed by atoms with van der Waals surface area (Å²) in [6.07, 6.45) is 4.32. The molecule has 0 spiro atoms. The van der Waals surface area contributed by atoms with Gasteiger partial charge in [0.25, 0.3) is 5.91 Å². The normalized spacial score (nSPS) is 16.1. The fraction of sp³-hybridized carbons (Fsp3) is 0.346. The number of piperidine rings is 1. The molecule has 2 amide bonds. The molecule has 4 rings (SSSR count). The number of carbonyl (C=O) groups excluding carboxylic acids is 2. The lowest BCUT2D eigenvalue weighted by Gasteiger charge is -2.35. The molecule has 1 fully saturated rings. The van der Waals surface area contributed by atoms with E-state index in [1.165, 1.54) is 13.3 Å².